The summed E-state index contributed by atoms with van der Waals surface area (Å²) in [7, 11) is 0.945. The maximum absolute atomic E-state index is 2.33. The number of hydrogen-bond acceptors (Lipinski definition) is 0. The van der Waals surface area contributed by atoms with Crippen LogP contribution in [0.2, 0.25) is 17.8 Å². The summed E-state index contributed by atoms with van der Waals surface area (Å²) < 4.78 is 0. The molecule has 0 nitrogen and oxygen atoms in total. The van der Waals surface area contributed by atoms with Crippen molar-refractivity contribution in [2.75, 3.05) is 0 Å². The van der Waals surface area contributed by atoms with Crippen LogP contribution < -0.4 is 0 Å². The van der Waals surface area contributed by atoms with Crippen LogP contribution in [-0.2, 0) is 0 Å². The summed E-state index contributed by atoms with van der Waals surface area (Å²) in [6, 6.07) is 3.07. The predicted octanol–water partition coefficient (Wildman–Crippen LogP) is 0.576. The minimum atomic E-state index is 0.472. The largest absolute Gasteiger partial charge is 0.0721 e. The molecular formula is C5H16Si2. The Balaban J connectivity index is 2.45. The first-order valence-electron chi connectivity index (χ1n) is 3.41. The summed E-state index contributed by atoms with van der Waals surface area (Å²) in [5.74, 6) is 0. The molecule has 0 heterocycles. The van der Waals surface area contributed by atoms with Crippen molar-refractivity contribution in [3.8, 4) is 0 Å². The van der Waals surface area contributed by atoms with Gasteiger partial charge in [-0.25, -0.2) is 0 Å². The van der Waals surface area contributed by atoms with Crippen LogP contribution in [-0.4, -0.2) is 19.0 Å². The Morgan fingerprint density at radius 1 is 1.00 bits per heavy atom. The van der Waals surface area contributed by atoms with Crippen LogP contribution in [0.3, 0.4) is 0 Å². The normalized spacial score (nSPS) is 12.9. The lowest BCUT2D eigenvalue weighted by atomic mass is 11.0. The van der Waals surface area contributed by atoms with Crippen molar-refractivity contribution in [2.24, 2.45) is 0 Å². The number of hydrogen-bond donors (Lipinski definition) is 0. The van der Waals surface area contributed by atoms with Crippen molar-refractivity contribution >= 4 is 19.0 Å². The van der Waals surface area contributed by atoms with Crippen molar-refractivity contribution in [3.63, 3.8) is 0 Å². The van der Waals surface area contributed by atoms with Crippen molar-refractivity contribution in [1.82, 2.24) is 0 Å². The van der Waals surface area contributed by atoms with Gasteiger partial charge in [-0.15, -0.1) is 0 Å². The van der Waals surface area contributed by atoms with Gasteiger partial charge in [-0.1, -0.05) is 31.6 Å². The Kier molecular flexibility index (Phi) is 6.83. The van der Waals surface area contributed by atoms with E-state index < -0.39 is 0 Å². The Bertz CT molecular complexity index is 25.3. The van der Waals surface area contributed by atoms with Crippen molar-refractivity contribution in [2.45, 2.75) is 31.6 Å². The monoisotopic (exact) mass is 132 g/mol. The molecule has 2 heteroatoms. The SMILES string of the molecule is CC[SiH2]C[SiH2]CC. The first kappa shape index (κ1) is 7.43. The van der Waals surface area contributed by atoms with E-state index in [0.717, 1.165) is 0 Å². The summed E-state index contributed by atoms with van der Waals surface area (Å²) in [4.78, 5) is 0. The minimum Gasteiger partial charge on any atom is -0.0721 e. The molecule has 0 amide bonds. The van der Waals surface area contributed by atoms with Gasteiger partial charge in [0.25, 0.3) is 0 Å². The van der Waals surface area contributed by atoms with E-state index in [1.165, 1.54) is 12.1 Å². The third-order valence-corrected chi connectivity index (χ3v) is 6.62. The molecule has 0 aromatic rings. The van der Waals surface area contributed by atoms with E-state index >= 15 is 0 Å². The van der Waals surface area contributed by atoms with Gasteiger partial charge >= 0.3 is 0 Å². The minimum absolute atomic E-state index is 0.472. The average molecular weight is 132 g/mol. The Morgan fingerprint density at radius 3 is 1.71 bits per heavy atom. The summed E-state index contributed by atoms with van der Waals surface area (Å²) in [5.41, 5.74) is 1.72. The summed E-state index contributed by atoms with van der Waals surface area (Å²) in [6.07, 6.45) is 0. The topological polar surface area (TPSA) is 0 Å². The molecule has 0 rings (SSSR count). The fourth-order valence-electron chi connectivity index (χ4n) is 0.677. The standard InChI is InChI=1S/C5H16Si2/c1-3-6-5-7-4-2/h3-7H2,1-2H3. The van der Waals surface area contributed by atoms with Gasteiger partial charge in [-0.2, -0.15) is 0 Å². The van der Waals surface area contributed by atoms with Crippen LogP contribution in [0.25, 0.3) is 0 Å². The van der Waals surface area contributed by atoms with Crippen LogP contribution >= 0.6 is 0 Å². The molecule has 0 spiro atoms. The summed E-state index contributed by atoms with van der Waals surface area (Å²) in [5, 5.41) is 0. The predicted molar refractivity (Wildman–Crippen MR) is 42.9 cm³/mol. The fourth-order valence-corrected chi connectivity index (χ4v) is 6.09. The maximum atomic E-state index is 2.33. The first-order valence-corrected chi connectivity index (χ1v) is 7.41. The van der Waals surface area contributed by atoms with Gasteiger partial charge in [0.2, 0.25) is 0 Å². The highest BCUT2D eigenvalue weighted by Gasteiger charge is 1.82. The van der Waals surface area contributed by atoms with Crippen LogP contribution in [0.1, 0.15) is 13.8 Å². The molecule has 0 bridgehead atoms. The molecule has 0 saturated carbocycles. The molecule has 0 aromatic heterocycles. The van der Waals surface area contributed by atoms with E-state index in [1.807, 2.05) is 0 Å². The Morgan fingerprint density at radius 2 is 1.43 bits per heavy atom. The van der Waals surface area contributed by atoms with Gasteiger partial charge in [0.05, 0.1) is 0 Å². The second-order valence-corrected chi connectivity index (χ2v) is 8.30. The van der Waals surface area contributed by atoms with E-state index in [-0.39, 0.29) is 0 Å². The highest BCUT2D eigenvalue weighted by atomic mass is 28.3. The van der Waals surface area contributed by atoms with Crippen LogP contribution in [0, 0.1) is 0 Å². The highest BCUT2D eigenvalue weighted by molar-refractivity contribution is 6.55. The Hall–Kier alpha value is 0.434. The third kappa shape index (κ3) is 6.43. The molecule has 0 saturated heterocycles. The van der Waals surface area contributed by atoms with Crippen LogP contribution in [0.5, 0.6) is 0 Å². The van der Waals surface area contributed by atoms with Crippen molar-refractivity contribution in [3.05, 3.63) is 0 Å². The van der Waals surface area contributed by atoms with Gasteiger partial charge < -0.3 is 0 Å². The van der Waals surface area contributed by atoms with Crippen molar-refractivity contribution in [1.29, 1.82) is 0 Å². The van der Waals surface area contributed by atoms with E-state index in [2.05, 4.69) is 13.8 Å². The quantitative estimate of drug-likeness (QED) is 0.388. The second kappa shape index (κ2) is 6.43. The van der Waals surface area contributed by atoms with Gasteiger partial charge in [0.15, 0.2) is 0 Å². The zero-order chi connectivity index (χ0) is 5.54. The van der Waals surface area contributed by atoms with Gasteiger partial charge in [-0.05, 0) is 0 Å². The molecular weight excluding hydrogens is 116 g/mol. The van der Waals surface area contributed by atoms with E-state index in [4.69, 9.17) is 0 Å². The molecule has 0 aliphatic rings. The molecule has 0 aromatic carbocycles. The van der Waals surface area contributed by atoms with E-state index in [1.54, 1.807) is 5.67 Å². The molecule has 0 aliphatic heterocycles. The van der Waals surface area contributed by atoms with Gasteiger partial charge in [-0.3, -0.25) is 0 Å². The zero-order valence-electron chi connectivity index (χ0n) is 5.54. The first-order chi connectivity index (χ1) is 3.41. The molecule has 0 fully saturated rings. The summed E-state index contributed by atoms with van der Waals surface area (Å²) >= 11 is 0. The summed E-state index contributed by atoms with van der Waals surface area (Å²) in [6.45, 7) is 4.66. The lowest BCUT2D eigenvalue weighted by Gasteiger charge is -1.88. The molecule has 0 aliphatic carbocycles. The zero-order valence-corrected chi connectivity index (χ0v) is 8.36. The average Bonchev–Trinajstić information content (AvgIpc) is 1.69. The van der Waals surface area contributed by atoms with Gasteiger partial charge in [0, 0.05) is 19.0 Å². The molecule has 7 heavy (non-hydrogen) atoms. The highest BCUT2D eigenvalue weighted by Crippen LogP contribution is 1.84. The smallest absolute Gasteiger partial charge is 0.0163 e. The molecule has 0 radical (unpaired) electrons. The molecule has 0 unspecified atom stereocenters. The van der Waals surface area contributed by atoms with E-state index in [9.17, 15) is 0 Å². The molecule has 0 atom stereocenters. The second-order valence-electron chi connectivity index (χ2n) is 2.06. The molecule has 0 N–H and O–H groups in total. The Labute approximate surface area is 51.3 Å². The maximum Gasteiger partial charge on any atom is 0.0163 e. The van der Waals surface area contributed by atoms with Crippen molar-refractivity contribution < 1.29 is 0 Å². The van der Waals surface area contributed by atoms with Gasteiger partial charge in [0.1, 0.15) is 0 Å². The third-order valence-electron chi connectivity index (χ3n) is 1.21. The fraction of sp³-hybridized carbons (Fsp3) is 1.00. The number of rotatable bonds is 4. The lowest BCUT2D eigenvalue weighted by molar-refractivity contribution is 1.41. The van der Waals surface area contributed by atoms with Crippen LogP contribution in [0.4, 0.5) is 0 Å². The van der Waals surface area contributed by atoms with E-state index in [0.29, 0.717) is 19.0 Å². The lowest BCUT2D eigenvalue weighted by Crippen LogP contribution is -1.92. The van der Waals surface area contributed by atoms with Crippen LogP contribution in [0.15, 0.2) is 0 Å². The molecule has 44 valence electrons.